The molecule has 1 nitrogen and oxygen atoms in total. The van der Waals surface area contributed by atoms with Crippen LogP contribution in [0.15, 0.2) is 0 Å². The Hall–Kier alpha value is -0.0400. The fraction of sp³-hybridized carbons (Fsp3) is 1.00. The van der Waals surface area contributed by atoms with Gasteiger partial charge in [0, 0.05) is 6.04 Å². The summed E-state index contributed by atoms with van der Waals surface area (Å²) in [5.41, 5.74) is 0. The first-order valence-electron chi connectivity index (χ1n) is 10.1. The Kier molecular flexibility index (Phi) is 12.3. The molecule has 21 heavy (non-hydrogen) atoms. The van der Waals surface area contributed by atoms with E-state index in [-0.39, 0.29) is 0 Å². The fourth-order valence-electron chi connectivity index (χ4n) is 3.87. The average molecular weight is 296 g/mol. The molecule has 0 spiro atoms. The third kappa shape index (κ3) is 9.55. The monoisotopic (exact) mass is 295 g/mol. The van der Waals surface area contributed by atoms with E-state index < -0.39 is 0 Å². The first-order chi connectivity index (χ1) is 10.4. The molecule has 1 fully saturated rings. The maximum absolute atomic E-state index is 3.86. The van der Waals surface area contributed by atoms with Gasteiger partial charge in [-0.05, 0) is 38.1 Å². The van der Waals surface area contributed by atoms with Crippen LogP contribution in [-0.2, 0) is 0 Å². The number of unbranched alkanes of at least 4 members (excludes halogenated alkanes) is 7. The largest absolute Gasteiger partial charge is 0.314 e. The molecule has 0 bridgehead atoms. The van der Waals surface area contributed by atoms with Gasteiger partial charge in [-0.3, -0.25) is 0 Å². The standard InChI is InChI=1S/C20H41N/c1-3-5-6-7-8-9-10-14-17-20(21-18-4-2)19-15-12-11-13-16-19/h19-21H,3-18H2,1-2H3. The van der Waals surface area contributed by atoms with Gasteiger partial charge < -0.3 is 5.32 Å². The minimum absolute atomic E-state index is 0.824. The first-order valence-corrected chi connectivity index (χ1v) is 10.1. The van der Waals surface area contributed by atoms with Crippen LogP contribution in [-0.4, -0.2) is 12.6 Å². The molecule has 126 valence electrons. The van der Waals surface area contributed by atoms with Crippen molar-refractivity contribution in [2.45, 2.75) is 116 Å². The molecule has 1 rings (SSSR count). The van der Waals surface area contributed by atoms with Gasteiger partial charge in [-0.2, -0.15) is 0 Å². The van der Waals surface area contributed by atoms with Gasteiger partial charge in [-0.1, -0.05) is 84.5 Å². The SMILES string of the molecule is CCCCCCCCCCC(NCCC)C1CCCCC1. The van der Waals surface area contributed by atoms with Crippen LogP contribution >= 0.6 is 0 Å². The van der Waals surface area contributed by atoms with Gasteiger partial charge in [0.15, 0.2) is 0 Å². The predicted molar refractivity (Wildman–Crippen MR) is 95.9 cm³/mol. The lowest BCUT2D eigenvalue weighted by Gasteiger charge is -2.31. The van der Waals surface area contributed by atoms with Crippen LogP contribution in [0.1, 0.15) is 110 Å². The van der Waals surface area contributed by atoms with E-state index in [1.54, 1.807) is 0 Å². The Morgan fingerprint density at radius 3 is 2.00 bits per heavy atom. The summed E-state index contributed by atoms with van der Waals surface area (Å²) >= 11 is 0. The van der Waals surface area contributed by atoms with Crippen LogP contribution in [0.5, 0.6) is 0 Å². The second-order valence-electron chi connectivity index (χ2n) is 7.22. The predicted octanol–water partition coefficient (Wildman–Crippen LogP) is 6.47. The van der Waals surface area contributed by atoms with Crippen LogP contribution < -0.4 is 5.32 Å². The summed E-state index contributed by atoms with van der Waals surface area (Å²) in [5, 5.41) is 3.86. The third-order valence-electron chi connectivity index (χ3n) is 5.24. The minimum Gasteiger partial charge on any atom is -0.314 e. The van der Waals surface area contributed by atoms with E-state index in [4.69, 9.17) is 0 Å². The van der Waals surface area contributed by atoms with Gasteiger partial charge in [-0.25, -0.2) is 0 Å². The van der Waals surface area contributed by atoms with Gasteiger partial charge in [0.25, 0.3) is 0 Å². The molecule has 1 heteroatoms. The molecule has 0 aromatic carbocycles. The molecular formula is C20H41N. The van der Waals surface area contributed by atoms with Crippen LogP contribution in [0.2, 0.25) is 0 Å². The van der Waals surface area contributed by atoms with Crippen molar-refractivity contribution in [1.82, 2.24) is 5.32 Å². The zero-order valence-corrected chi connectivity index (χ0v) is 15.0. The summed E-state index contributed by atoms with van der Waals surface area (Å²) in [7, 11) is 0. The van der Waals surface area contributed by atoms with Gasteiger partial charge >= 0.3 is 0 Å². The summed E-state index contributed by atoms with van der Waals surface area (Å²) in [6.45, 7) is 5.81. The zero-order chi connectivity index (χ0) is 15.2. The van der Waals surface area contributed by atoms with Gasteiger partial charge in [0.2, 0.25) is 0 Å². The highest BCUT2D eigenvalue weighted by Gasteiger charge is 2.22. The highest BCUT2D eigenvalue weighted by molar-refractivity contribution is 4.79. The molecule has 1 atom stereocenters. The fourth-order valence-corrected chi connectivity index (χ4v) is 3.87. The topological polar surface area (TPSA) is 12.0 Å². The second kappa shape index (κ2) is 13.6. The molecule has 1 aliphatic rings. The normalized spacial score (nSPS) is 18.0. The highest BCUT2D eigenvalue weighted by Crippen LogP contribution is 2.28. The Morgan fingerprint density at radius 1 is 0.762 bits per heavy atom. The van der Waals surface area contributed by atoms with Crippen molar-refractivity contribution in [2.24, 2.45) is 5.92 Å². The average Bonchev–Trinajstić information content (AvgIpc) is 2.53. The molecule has 1 saturated carbocycles. The van der Waals surface area contributed by atoms with E-state index in [0.717, 1.165) is 12.0 Å². The molecule has 0 radical (unpaired) electrons. The van der Waals surface area contributed by atoms with Crippen LogP contribution in [0, 0.1) is 5.92 Å². The van der Waals surface area contributed by atoms with Crippen molar-refractivity contribution < 1.29 is 0 Å². The van der Waals surface area contributed by atoms with E-state index in [9.17, 15) is 0 Å². The Balaban J connectivity index is 2.08. The number of nitrogens with one attached hydrogen (secondary N) is 1. The Bertz CT molecular complexity index is 208. The van der Waals surface area contributed by atoms with Crippen LogP contribution in [0.25, 0.3) is 0 Å². The van der Waals surface area contributed by atoms with E-state index in [1.807, 2.05) is 0 Å². The summed E-state index contributed by atoms with van der Waals surface area (Å²) in [6.07, 6.45) is 21.7. The Labute approximate surface area is 134 Å². The van der Waals surface area contributed by atoms with Crippen molar-refractivity contribution in [3.8, 4) is 0 Å². The van der Waals surface area contributed by atoms with Gasteiger partial charge in [0.1, 0.15) is 0 Å². The quantitative estimate of drug-likeness (QED) is 0.384. The zero-order valence-electron chi connectivity index (χ0n) is 15.0. The number of hydrogen-bond donors (Lipinski definition) is 1. The van der Waals surface area contributed by atoms with Crippen molar-refractivity contribution in [2.75, 3.05) is 6.54 Å². The molecule has 1 aliphatic carbocycles. The third-order valence-corrected chi connectivity index (χ3v) is 5.24. The molecule has 0 aromatic rings. The number of hydrogen-bond acceptors (Lipinski definition) is 1. The maximum Gasteiger partial charge on any atom is 0.00953 e. The lowest BCUT2D eigenvalue weighted by Crippen LogP contribution is -2.37. The van der Waals surface area contributed by atoms with E-state index in [0.29, 0.717) is 0 Å². The first kappa shape index (κ1) is 19.0. The molecule has 0 aliphatic heterocycles. The molecular weight excluding hydrogens is 254 g/mol. The summed E-state index contributed by atoms with van der Waals surface area (Å²) < 4.78 is 0. The number of rotatable bonds is 13. The molecule has 1 N–H and O–H groups in total. The van der Waals surface area contributed by atoms with Crippen molar-refractivity contribution in [3.05, 3.63) is 0 Å². The molecule has 1 unspecified atom stereocenters. The van der Waals surface area contributed by atoms with E-state index >= 15 is 0 Å². The Morgan fingerprint density at radius 2 is 1.38 bits per heavy atom. The van der Waals surface area contributed by atoms with Gasteiger partial charge in [0.05, 0.1) is 0 Å². The molecule has 0 aromatic heterocycles. The van der Waals surface area contributed by atoms with Crippen LogP contribution in [0.3, 0.4) is 0 Å². The van der Waals surface area contributed by atoms with Crippen molar-refractivity contribution in [3.63, 3.8) is 0 Å². The summed E-state index contributed by atoms with van der Waals surface area (Å²) in [4.78, 5) is 0. The summed E-state index contributed by atoms with van der Waals surface area (Å²) in [6, 6.07) is 0.824. The molecule has 0 amide bonds. The molecule has 0 saturated heterocycles. The van der Waals surface area contributed by atoms with E-state index in [2.05, 4.69) is 19.2 Å². The summed E-state index contributed by atoms with van der Waals surface area (Å²) in [5.74, 6) is 0.981. The van der Waals surface area contributed by atoms with E-state index in [1.165, 1.54) is 103 Å². The van der Waals surface area contributed by atoms with Crippen molar-refractivity contribution in [1.29, 1.82) is 0 Å². The minimum atomic E-state index is 0.824. The highest BCUT2D eigenvalue weighted by atomic mass is 14.9. The maximum atomic E-state index is 3.86. The lowest BCUT2D eigenvalue weighted by atomic mass is 9.82. The lowest BCUT2D eigenvalue weighted by molar-refractivity contribution is 0.253. The smallest absolute Gasteiger partial charge is 0.00953 e. The molecule has 0 heterocycles. The van der Waals surface area contributed by atoms with Crippen molar-refractivity contribution >= 4 is 0 Å². The van der Waals surface area contributed by atoms with Crippen LogP contribution in [0.4, 0.5) is 0 Å². The van der Waals surface area contributed by atoms with Gasteiger partial charge in [-0.15, -0.1) is 0 Å². The second-order valence-corrected chi connectivity index (χ2v) is 7.22.